The van der Waals surface area contributed by atoms with E-state index >= 15 is 0 Å². The predicted octanol–water partition coefficient (Wildman–Crippen LogP) is 4.64. The number of anilines is 2. The summed E-state index contributed by atoms with van der Waals surface area (Å²) in [6.07, 6.45) is 0.291. The molecule has 0 aliphatic heterocycles. The maximum atomic E-state index is 11.9. The molecule has 1 atom stereocenters. The molecule has 3 rings (SSSR count). The Bertz CT molecular complexity index is 1070. The van der Waals surface area contributed by atoms with Crippen molar-refractivity contribution in [1.82, 2.24) is 9.97 Å². The lowest BCUT2D eigenvalue weighted by molar-refractivity contribution is -0.141. The van der Waals surface area contributed by atoms with E-state index in [-0.39, 0.29) is 5.97 Å². The lowest BCUT2D eigenvalue weighted by Crippen LogP contribution is -2.15. The second kappa shape index (κ2) is 9.84. The van der Waals surface area contributed by atoms with Gasteiger partial charge in [0.1, 0.15) is 5.82 Å². The molecule has 1 unspecified atom stereocenters. The van der Waals surface area contributed by atoms with Gasteiger partial charge in [-0.25, -0.2) is 14.8 Å². The quantitative estimate of drug-likeness (QED) is 0.513. The first-order valence-electron chi connectivity index (χ1n) is 10.1. The number of esters is 1. The van der Waals surface area contributed by atoms with Crippen molar-refractivity contribution in [2.75, 3.05) is 11.9 Å². The van der Waals surface area contributed by atoms with Crippen LogP contribution in [0.1, 0.15) is 35.5 Å². The molecule has 0 saturated heterocycles. The second-order valence-corrected chi connectivity index (χ2v) is 7.19. The highest BCUT2D eigenvalue weighted by Gasteiger charge is 2.19. The van der Waals surface area contributed by atoms with E-state index in [4.69, 9.17) is 9.72 Å². The summed E-state index contributed by atoms with van der Waals surface area (Å²) in [6.45, 7) is 5.58. The van der Waals surface area contributed by atoms with Crippen LogP contribution < -0.4 is 5.32 Å². The van der Waals surface area contributed by atoms with Gasteiger partial charge in [-0.3, -0.25) is 4.79 Å². The molecule has 7 heteroatoms. The van der Waals surface area contributed by atoms with Gasteiger partial charge in [-0.2, -0.15) is 0 Å². The molecule has 7 nitrogen and oxygen atoms in total. The fourth-order valence-corrected chi connectivity index (χ4v) is 3.09. The van der Waals surface area contributed by atoms with Crippen LogP contribution in [0.15, 0.2) is 54.6 Å². The third-order valence-electron chi connectivity index (χ3n) is 4.84. The molecular formula is C24H25N3O4. The van der Waals surface area contributed by atoms with Crippen molar-refractivity contribution in [3.63, 3.8) is 0 Å². The largest absolute Gasteiger partial charge is 0.481 e. The third kappa shape index (κ3) is 5.45. The number of carboxylic acid groups (broad SMARTS) is 1. The summed E-state index contributed by atoms with van der Waals surface area (Å²) < 4.78 is 5.02. The van der Waals surface area contributed by atoms with Crippen molar-refractivity contribution in [1.29, 1.82) is 0 Å². The van der Waals surface area contributed by atoms with Crippen LogP contribution in [-0.4, -0.2) is 33.6 Å². The summed E-state index contributed by atoms with van der Waals surface area (Å²) in [4.78, 5) is 32.6. The number of nitrogens with one attached hydrogen (secondary N) is 1. The summed E-state index contributed by atoms with van der Waals surface area (Å²) in [5.41, 5.74) is 3.49. The monoisotopic (exact) mass is 419 g/mol. The highest BCUT2D eigenvalue weighted by Crippen LogP contribution is 2.27. The number of carboxylic acids is 1. The molecule has 160 valence electrons. The van der Waals surface area contributed by atoms with E-state index in [0.29, 0.717) is 35.9 Å². The Balaban J connectivity index is 1.98. The topological polar surface area (TPSA) is 101 Å². The molecule has 0 bridgehead atoms. The first kappa shape index (κ1) is 22.0. The maximum absolute atomic E-state index is 11.9. The molecule has 2 N–H and O–H groups in total. The minimum atomic E-state index is -0.878. The number of carbonyl (C=O) groups is 2. The normalized spacial score (nSPS) is 11.6. The predicted molar refractivity (Wildman–Crippen MR) is 118 cm³/mol. The Morgan fingerprint density at radius 1 is 1.06 bits per heavy atom. The molecule has 1 heterocycles. The van der Waals surface area contributed by atoms with Crippen LogP contribution in [0.25, 0.3) is 11.4 Å². The van der Waals surface area contributed by atoms with Gasteiger partial charge in [0.25, 0.3) is 0 Å². The molecule has 0 radical (unpaired) electrons. The minimum Gasteiger partial charge on any atom is -0.481 e. The molecule has 0 spiro atoms. The number of benzene rings is 2. The summed E-state index contributed by atoms with van der Waals surface area (Å²) in [5, 5.41) is 12.6. The number of aromatic nitrogens is 2. The van der Waals surface area contributed by atoms with E-state index in [0.717, 1.165) is 16.8 Å². The molecule has 3 aromatic rings. The number of aryl methyl sites for hydroxylation is 1. The van der Waals surface area contributed by atoms with Crippen LogP contribution in [0.2, 0.25) is 0 Å². The van der Waals surface area contributed by atoms with Gasteiger partial charge in [0, 0.05) is 22.5 Å². The van der Waals surface area contributed by atoms with Crippen molar-refractivity contribution in [2.24, 2.45) is 5.92 Å². The number of ether oxygens (including phenoxy) is 1. The summed E-state index contributed by atoms with van der Waals surface area (Å²) in [5.74, 6) is -0.749. The Morgan fingerprint density at radius 2 is 1.74 bits per heavy atom. The molecule has 0 saturated carbocycles. The summed E-state index contributed by atoms with van der Waals surface area (Å²) in [7, 11) is 0. The lowest BCUT2D eigenvalue weighted by atomic mass is 10.00. The minimum absolute atomic E-state index is 0.291. The average Bonchev–Trinajstić information content (AvgIpc) is 2.77. The van der Waals surface area contributed by atoms with Crippen LogP contribution in [0.3, 0.4) is 0 Å². The molecule has 2 aromatic carbocycles. The molecule has 31 heavy (non-hydrogen) atoms. The Labute approximate surface area is 181 Å². The highest BCUT2D eigenvalue weighted by molar-refractivity contribution is 5.90. The Morgan fingerprint density at radius 3 is 2.35 bits per heavy atom. The van der Waals surface area contributed by atoms with Gasteiger partial charge in [0.2, 0.25) is 0 Å². The van der Waals surface area contributed by atoms with Crippen LogP contribution in [0.4, 0.5) is 11.5 Å². The number of hydrogen-bond acceptors (Lipinski definition) is 6. The number of aliphatic carboxylic acids is 1. The van der Waals surface area contributed by atoms with Crippen molar-refractivity contribution >= 4 is 23.4 Å². The summed E-state index contributed by atoms with van der Waals surface area (Å²) in [6, 6.07) is 16.5. The Kier molecular flexibility index (Phi) is 6.97. The first-order chi connectivity index (χ1) is 14.9. The van der Waals surface area contributed by atoms with Crippen molar-refractivity contribution in [2.45, 2.75) is 27.2 Å². The number of nitrogens with zero attached hydrogens (tertiary/aromatic N) is 2. The van der Waals surface area contributed by atoms with E-state index in [2.05, 4.69) is 10.3 Å². The van der Waals surface area contributed by atoms with E-state index in [1.807, 2.05) is 37.3 Å². The smallest absolute Gasteiger partial charge is 0.338 e. The molecule has 0 aliphatic carbocycles. The van der Waals surface area contributed by atoms with Gasteiger partial charge in [0.05, 0.1) is 18.1 Å². The fourth-order valence-electron chi connectivity index (χ4n) is 3.09. The zero-order valence-electron chi connectivity index (χ0n) is 17.8. The number of rotatable bonds is 8. The highest BCUT2D eigenvalue weighted by atomic mass is 16.5. The van der Waals surface area contributed by atoms with Crippen molar-refractivity contribution in [3.8, 4) is 11.4 Å². The third-order valence-corrected chi connectivity index (χ3v) is 4.84. The molecule has 1 aromatic heterocycles. The SMILES string of the molecule is CCOC(=O)c1ccc(Nc2nc(-c3ccccc3)nc(C)c2CC(C)C(=O)O)cc1. The number of carbonyl (C=O) groups excluding carboxylic acids is 1. The number of hydrogen-bond donors (Lipinski definition) is 2. The van der Waals surface area contributed by atoms with E-state index in [9.17, 15) is 14.7 Å². The van der Waals surface area contributed by atoms with Gasteiger partial charge in [-0.15, -0.1) is 0 Å². The molecule has 0 aliphatic rings. The first-order valence-corrected chi connectivity index (χ1v) is 10.1. The van der Waals surface area contributed by atoms with Gasteiger partial charge in [-0.05, 0) is 44.5 Å². The van der Waals surface area contributed by atoms with Crippen molar-refractivity contribution < 1.29 is 19.4 Å². The van der Waals surface area contributed by atoms with Gasteiger partial charge < -0.3 is 15.2 Å². The van der Waals surface area contributed by atoms with E-state index in [1.165, 1.54) is 0 Å². The zero-order valence-corrected chi connectivity index (χ0v) is 17.8. The Hall–Kier alpha value is -3.74. The van der Waals surface area contributed by atoms with Crippen LogP contribution in [-0.2, 0) is 16.0 Å². The fraction of sp³-hybridized carbons (Fsp3) is 0.250. The summed E-state index contributed by atoms with van der Waals surface area (Å²) >= 11 is 0. The van der Waals surface area contributed by atoms with Crippen LogP contribution in [0, 0.1) is 12.8 Å². The molecular weight excluding hydrogens is 394 g/mol. The van der Waals surface area contributed by atoms with Crippen LogP contribution in [0.5, 0.6) is 0 Å². The van der Waals surface area contributed by atoms with Gasteiger partial charge in [-0.1, -0.05) is 37.3 Å². The van der Waals surface area contributed by atoms with E-state index in [1.54, 1.807) is 38.1 Å². The zero-order chi connectivity index (χ0) is 22.4. The standard InChI is InChI=1S/C24H25N3O4/c1-4-31-24(30)18-10-12-19(13-11-18)26-22-20(14-15(2)23(28)29)16(3)25-21(27-22)17-8-6-5-7-9-17/h5-13,15H,4,14H2,1-3H3,(H,28,29)(H,25,26,27). The van der Waals surface area contributed by atoms with Gasteiger partial charge in [0.15, 0.2) is 5.82 Å². The van der Waals surface area contributed by atoms with Crippen LogP contribution >= 0.6 is 0 Å². The molecule has 0 amide bonds. The maximum Gasteiger partial charge on any atom is 0.338 e. The van der Waals surface area contributed by atoms with E-state index < -0.39 is 11.9 Å². The second-order valence-electron chi connectivity index (χ2n) is 7.19. The van der Waals surface area contributed by atoms with Gasteiger partial charge >= 0.3 is 11.9 Å². The van der Waals surface area contributed by atoms with Crippen molar-refractivity contribution in [3.05, 3.63) is 71.4 Å². The lowest BCUT2D eigenvalue weighted by Gasteiger charge is -2.17. The average molecular weight is 419 g/mol. The molecule has 0 fully saturated rings.